The maximum atomic E-state index is 5.43. The number of fused-ring (bicyclic) bond motifs is 1. The van der Waals surface area contributed by atoms with E-state index in [1.54, 1.807) is 0 Å². The molecular weight excluding hydrogens is 200 g/mol. The topological polar surface area (TPSA) is 27.1 Å². The van der Waals surface area contributed by atoms with Crippen molar-refractivity contribution in [2.75, 3.05) is 13.2 Å². The van der Waals surface area contributed by atoms with Crippen LogP contribution in [0, 0.1) is 0 Å². The van der Waals surface area contributed by atoms with Gasteiger partial charge < -0.3 is 9.30 Å². The van der Waals surface area contributed by atoms with Gasteiger partial charge in [-0.1, -0.05) is 6.92 Å². The van der Waals surface area contributed by atoms with Gasteiger partial charge in [0, 0.05) is 37.6 Å². The summed E-state index contributed by atoms with van der Waals surface area (Å²) in [5.74, 6) is 2.65. The summed E-state index contributed by atoms with van der Waals surface area (Å²) in [7, 11) is 0. The smallest absolute Gasteiger partial charge is 0.112 e. The first-order valence-corrected chi connectivity index (χ1v) is 6.49. The van der Waals surface area contributed by atoms with Crippen molar-refractivity contribution in [3.63, 3.8) is 0 Å². The van der Waals surface area contributed by atoms with Crippen molar-refractivity contribution in [2.24, 2.45) is 0 Å². The highest BCUT2D eigenvalue weighted by Gasteiger charge is 2.25. The van der Waals surface area contributed by atoms with E-state index < -0.39 is 0 Å². The molecule has 0 bridgehead atoms. The maximum Gasteiger partial charge on any atom is 0.112 e. The first kappa shape index (κ1) is 10.3. The number of rotatable bonds is 1. The lowest BCUT2D eigenvalue weighted by molar-refractivity contribution is 0.0826. The minimum absolute atomic E-state index is 0.632. The first-order chi connectivity index (χ1) is 7.86. The van der Waals surface area contributed by atoms with Gasteiger partial charge in [-0.2, -0.15) is 0 Å². The quantitative estimate of drug-likeness (QED) is 0.727. The molecule has 1 fully saturated rings. The molecule has 0 aliphatic carbocycles. The van der Waals surface area contributed by atoms with Crippen molar-refractivity contribution in [1.82, 2.24) is 9.55 Å². The normalized spacial score (nSPS) is 26.7. The molecule has 16 heavy (non-hydrogen) atoms. The summed E-state index contributed by atoms with van der Waals surface area (Å²) in [5, 5.41) is 0. The highest BCUT2D eigenvalue weighted by molar-refractivity contribution is 5.15. The molecule has 0 N–H and O–H groups in total. The zero-order valence-corrected chi connectivity index (χ0v) is 9.98. The summed E-state index contributed by atoms with van der Waals surface area (Å²) in [6, 6.07) is 0. The Morgan fingerprint density at radius 2 is 2.12 bits per heavy atom. The van der Waals surface area contributed by atoms with Crippen molar-refractivity contribution in [2.45, 2.75) is 51.0 Å². The molecule has 1 unspecified atom stereocenters. The van der Waals surface area contributed by atoms with E-state index in [1.165, 1.54) is 30.9 Å². The average molecular weight is 220 g/mol. The number of nitrogens with zero attached hydrogens (tertiary/aromatic N) is 2. The molecule has 1 aromatic heterocycles. The largest absolute Gasteiger partial charge is 0.381 e. The van der Waals surface area contributed by atoms with Gasteiger partial charge in [0.2, 0.25) is 0 Å². The van der Waals surface area contributed by atoms with Crippen LogP contribution in [-0.4, -0.2) is 22.8 Å². The molecule has 3 rings (SSSR count). The van der Waals surface area contributed by atoms with Gasteiger partial charge in [0.05, 0.1) is 0 Å². The van der Waals surface area contributed by atoms with E-state index in [-0.39, 0.29) is 0 Å². The van der Waals surface area contributed by atoms with E-state index in [9.17, 15) is 0 Å². The van der Waals surface area contributed by atoms with Gasteiger partial charge in [0.1, 0.15) is 5.82 Å². The van der Waals surface area contributed by atoms with Crippen LogP contribution in [0.25, 0.3) is 0 Å². The zero-order chi connectivity index (χ0) is 11.0. The Labute approximate surface area is 96.8 Å². The zero-order valence-electron chi connectivity index (χ0n) is 9.98. The van der Waals surface area contributed by atoms with E-state index >= 15 is 0 Å². The first-order valence-electron chi connectivity index (χ1n) is 6.49. The Hall–Kier alpha value is -0.830. The predicted molar refractivity (Wildman–Crippen MR) is 62.7 cm³/mol. The van der Waals surface area contributed by atoms with Crippen molar-refractivity contribution in [3.05, 3.63) is 17.7 Å². The van der Waals surface area contributed by atoms with Gasteiger partial charge in [-0.05, 0) is 31.6 Å². The van der Waals surface area contributed by atoms with Crippen LogP contribution in [0.15, 0.2) is 6.20 Å². The Kier molecular flexibility index (Phi) is 2.72. The number of hydrogen-bond acceptors (Lipinski definition) is 2. The molecule has 0 saturated carbocycles. The van der Waals surface area contributed by atoms with Crippen molar-refractivity contribution in [3.8, 4) is 0 Å². The molecule has 1 atom stereocenters. The highest BCUT2D eigenvalue weighted by atomic mass is 16.5. The summed E-state index contributed by atoms with van der Waals surface area (Å²) in [6.45, 7) is 5.30. The molecule has 2 aliphatic rings. The van der Waals surface area contributed by atoms with E-state index in [4.69, 9.17) is 4.74 Å². The third kappa shape index (κ3) is 1.67. The minimum Gasteiger partial charge on any atom is -0.381 e. The van der Waals surface area contributed by atoms with Crippen molar-refractivity contribution < 1.29 is 4.74 Å². The Balaban J connectivity index is 1.89. The molecule has 3 nitrogen and oxygen atoms in total. The van der Waals surface area contributed by atoms with Crippen LogP contribution >= 0.6 is 0 Å². The van der Waals surface area contributed by atoms with Gasteiger partial charge in [0.25, 0.3) is 0 Å². The molecule has 1 saturated heterocycles. The lowest BCUT2D eigenvalue weighted by Crippen LogP contribution is -2.21. The number of imidazole rings is 1. The number of hydrogen-bond donors (Lipinski definition) is 0. The molecule has 3 heterocycles. The Morgan fingerprint density at radius 1 is 1.31 bits per heavy atom. The van der Waals surface area contributed by atoms with E-state index in [0.717, 1.165) is 26.1 Å². The van der Waals surface area contributed by atoms with Gasteiger partial charge >= 0.3 is 0 Å². The third-order valence-electron chi connectivity index (χ3n) is 4.03. The molecule has 2 aliphatic heterocycles. The Bertz CT molecular complexity index is 366. The van der Waals surface area contributed by atoms with Crippen LogP contribution in [0.2, 0.25) is 0 Å². The van der Waals surface area contributed by atoms with Crippen LogP contribution in [0.4, 0.5) is 0 Å². The standard InChI is InChI=1S/C13H20N2O/c1-10-3-2-6-15-12(10)9-14-13(15)11-4-7-16-8-5-11/h9-11H,2-8H2,1H3. The van der Waals surface area contributed by atoms with Crippen molar-refractivity contribution in [1.29, 1.82) is 0 Å². The van der Waals surface area contributed by atoms with Crippen molar-refractivity contribution >= 4 is 0 Å². The monoisotopic (exact) mass is 220 g/mol. The molecule has 0 radical (unpaired) electrons. The lowest BCUT2D eigenvalue weighted by Gasteiger charge is -2.26. The molecule has 88 valence electrons. The summed E-state index contributed by atoms with van der Waals surface area (Å²) in [5.41, 5.74) is 1.45. The fraction of sp³-hybridized carbons (Fsp3) is 0.769. The maximum absolute atomic E-state index is 5.43. The molecule has 3 heteroatoms. The summed E-state index contributed by atoms with van der Waals surface area (Å²) in [6.07, 6.45) is 7.02. The summed E-state index contributed by atoms with van der Waals surface area (Å²) in [4.78, 5) is 4.68. The molecule has 0 spiro atoms. The molecule has 0 amide bonds. The lowest BCUT2D eigenvalue weighted by atomic mass is 9.96. The minimum atomic E-state index is 0.632. The van der Waals surface area contributed by atoms with E-state index in [2.05, 4.69) is 22.7 Å². The molecule has 1 aromatic rings. The third-order valence-corrected chi connectivity index (χ3v) is 4.03. The van der Waals surface area contributed by atoms with Gasteiger partial charge in [-0.15, -0.1) is 0 Å². The van der Waals surface area contributed by atoms with Gasteiger partial charge in [-0.25, -0.2) is 4.98 Å². The van der Waals surface area contributed by atoms with Crippen LogP contribution < -0.4 is 0 Å². The SMILES string of the molecule is CC1CCCn2c1cnc2C1CCOCC1. The molecular formula is C13H20N2O. The Morgan fingerprint density at radius 3 is 2.94 bits per heavy atom. The van der Waals surface area contributed by atoms with Crippen LogP contribution in [0.5, 0.6) is 0 Å². The van der Waals surface area contributed by atoms with Crippen LogP contribution in [0.1, 0.15) is 56.0 Å². The molecule has 0 aromatic carbocycles. The fourth-order valence-corrected chi connectivity index (χ4v) is 3.03. The number of aromatic nitrogens is 2. The van der Waals surface area contributed by atoms with Crippen LogP contribution in [-0.2, 0) is 11.3 Å². The highest BCUT2D eigenvalue weighted by Crippen LogP contribution is 2.33. The second kappa shape index (κ2) is 4.21. The fourth-order valence-electron chi connectivity index (χ4n) is 3.03. The second-order valence-corrected chi connectivity index (χ2v) is 5.12. The van der Waals surface area contributed by atoms with E-state index in [0.29, 0.717) is 11.8 Å². The summed E-state index contributed by atoms with van der Waals surface area (Å²) >= 11 is 0. The van der Waals surface area contributed by atoms with Gasteiger partial charge in [-0.3, -0.25) is 0 Å². The predicted octanol–water partition coefficient (Wildman–Crippen LogP) is 2.67. The van der Waals surface area contributed by atoms with Crippen LogP contribution in [0.3, 0.4) is 0 Å². The average Bonchev–Trinajstić information content (AvgIpc) is 2.75. The second-order valence-electron chi connectivity index (χ2n) is 5.12. The van der Waals surface area contributed by atoms with Gasteiger partial charge in [0.15, 0.2) is 0 Å². The summed E-state index contributed by atoms with van der Waals surface area (Å²) < 4.78 is 7.90. The number of ether oxygens (including phenoxy) is 1. The van der Waals surface area contributed by atoms with E-state index in [1.807, 2.05) is 0 Å².